The zero-order chi connectivity index (χ0) is 20.1. The first-order chi connectivity index (χ1) is 14.2. The lowest BCUT2D eigenvalue weighted by Crippen LogP contribution is -2.44. The maximum absolute atomic E-state index is 12.0. The van der Waals surface area contributed by atoms with E-state index in [-0.39, 0.29) is 5.92 Å². The molecule has 0 spiro atoms. The highest BCUT2D eigenvalue weighted by Crippen LogP contribution is 2.42. The van der Waals surface area contributed by atoms with Crippen molar-refractivity contribution in [2.24, 2.45) is 5.92 Å². The molecule has 0 aliphatic carbocycles. The normalized spacial score (nSPS) is 15.9. The SMILES string of the molecule is O=Cc1ccc(CN2CCC(C(O)(c3ccccc3)c3ccccc3)CC2)cc1. The molecule has 0 amide bonds. The van der Waals surface area contributed by atoms with Gasteiger partial charge in [-0.3, -0.25) is 9.69 Å². The van der Waals surface area contributed by atoms with E-state index < -0.39 is 5.60 Å². The van der Waals surface area contributed by atoms with Crippen molar-refractivity contribution in [1.82, 2.24) is 4.90 Å². The number of hydrogen-bond acceptors (Lipinski definition) is 3. The summed E-state index contributed by atoms with van der Waals surface area (Å²) in [6.07, 6.45) is 2.75. The molecule has 1 fully saturated rings. The molecule has 0 atom stereocenters. The van der Waals surface area contributed by atoms with Gasteiger partial charge in [0, 0.05) is 12.1 Å². The van der Waals surface area contributed by atoms with Crippen LogP contribution in [0.25, 0.3) is 0 Å². The van der Waals surface area contributed by atoms with Crippen molar-refractivity contribution < 1.29 is 9.90 Å². The molecule has 1 aliphatic rings. The molecule has 3 aromatic carbocycles. The third-order valence-corrected chi connectivity index (χ3v) is 6.13. The molecular formula is C26H27NO2. The number of nitrogens with zero attached hydrogens (tertiary/aromatic N) is 1. The Morgan fingerprint density at radius 1 is 0.828 bits per heavy atom. The standard InChI is InChI=1S/C26H27NO2/c28-20-22-13-11-21(12-14-22)19-27-17-15-25(16-18-27)26(29,23-7-3-1-4-8-23)24-9-5-2-6-10-24/h1-14,20,25,29H,15-19H2. The molecule has 0 unspecified atom stereocenters. The van der Waals surface area contributed by atoms with E-state index >= 15 is 0 Å². The smallest absolute Gasteiger partial charge is 0.150 e. The molecular weight excluding hydrogens is 358 g/mol. The van der Waals surface area contributed by atoms with Crippen LogP contribution in [0.3, 0.4) is 0 Å². The first-order valence-electron chi connectivity index (χ1n) is 10.3. The number of rotatable bonds is 6. The summed E-state index contributed by atoms with van der Waals surface area (Å²) in [5.41, 5.74) is 2.89. The minimum atomic E-state index is -0.972. The Morgan fingerprint density at radius 3 is 1.83 bits per heavy atom. The van der Waals surface area contributed by atoms with Crippen LogP contribution in [0.2, 0.25) is 0 Å². The fraction of sp³-hybridized carbons (Fsp3) is 0.269. The predicted octanol–water partition coefficient (Wildman–Crippen LogP) is 4.65. The zero-order valence-corrected chi connectivity index (χ0v) is 16.6. The predicted molar refractivity (Wildman–Crippen MR) is 116 cm³/mol. The molecule has 1 aliphatic heterocycles. The highest BCUT2D eigenvalue weighted by Gasteiger charge is 2.41. The molecule has 3 aromatic rings. The van der Waals surface area contributed by atoms with Crippen LogP contribution in [0.4, 0.5) is 0 Å². The van der Waals surface area contributed by atoms with Gasteiger partial charge in [0.1, 0.15) is 11.9 Å². The largest absolute Gasteiger partial charge is 0.380 e. The monoisotopic (exact) mass is 385 g/mol. The van der Waals surface area contributed by atoms with Crippen LogP contribution in [0.5, 0.6) is 0 Å². The Bertz CT molecular complexity index is 874. The zero-order valence-electron chi connectivity index (χ0n) is 16.6. The molecule has 1 N–H and O–H groups in total. The first kappa shape index (κ1) is 19.6. The van der Waals surface area contributed by atoms with Crippen LogP contribution in [0.15, 0.2) is 84.9 Å². The lowest BCUT2D eigenvalue weighted by atomic mass is 9.72. The summed E-state index contributed by atoms with van der Waals surface area (Å²) in [7, 11) is 0. The summed E-state index contributed by atoms with van der Waals surface area (Å²) in [5.74, 6) is 0.168. The maximum Gasteiger partial charge on any atom is 0.150 e. The second-order valence-corrected chi connectivity index (χ2v) is 7.91. The van der Waals surface area contributed by atoms with Gasteiger partial charge in [-0.1, -0.05) is 84.9 Å². The van der Waals surface area contributed by atoms with Crippen LogP contribution in [0, 0.1) is 5.92 Å². The van der Waals surface area contributed by atoms with Crippen molar-refractivity contribution in [1.29, 1.82) is 0 Å². The van der Waals surface area contributed by atoms with Gasteiger partial charge in [0.15, 0.2) is 0 Å². The number of benzene rings is 3. The molecule has 1 saturated heterocycles. The van der Waals surface area contributed by atoms with Gasteiger partial charge in [0.2, 0.25) is 0 Å². The Kier molecular flexibility index (Phi) is 5.89. The van der Waals surface area contributed by atoms with E-state index in [0.717, 1.165) is 49.9 Å². The molecule has 3 nitrogen and oxygen atoms in total. The third-order valence-electron chi connectivity index (χ3n) is 6.13. The summed E-state index contributed by atoms with van der Waals surface area (Å²) < 4.78 is 0. The number of hydrogen-bond donors (Lipinski definition) is 1. The third kappa shape index (κ3) is 4.16. The van der Waals surface area contributed by atoms with Crippen LogP contribution < -0.4 is 0 Å². The van der Waals surface area contributed by atoms with Gasteiger partial charge in [-0.05, 0) is 48.5 Å². The second-order valence-electron chi connectivity index (χ2n) is 7.91. The quantitative estimate of drug-likeness (QED) is 0.628. The van der Waals surface area contributed by atoms with Gasteiger partial charge in [0.25, 0.3) is 0 Å². The van der Waals surface area contributed by atoms with Gasteiger partial charge in [0.05, 0.1) is 0 Å². The molecule has 3 heteroatoms. The van der Waals surface area contributed by atoms with E-state index in [1.165, 1.54) is 5.56 Å². The maximum atomic E-state index is 12.0. The average molecular weight is 386 g/mol. The van der Waals surface area contributed by atoms with Crippen molar-refractivity contribution in [3.05, 3.63) is 107 Å². The molecule has 4 rings (SSSR count). The minimum absolute atomic E-state index is 0.168. The highest BCUT2D eigenvalue weighted by molar-refractivity contribution is 5.74. The van der Waals surface area contributed by atoms with E-state index in [4.69, 9.17) is 0 Å². The number of aldehydes is 1. The summed E-state index contributed by atoms with van der Waals surface area (Å²) >= 11 is 0. The second kappa shape index (κ2) is 8.73. The van der Waals surface area contributed by atoms with Crippen molar-refractivity contribution >= 4 is 6.29 Å². The average Bonchev–Trinajstić information content (AvgIpc) is 2.81. The summed E-state index contributed by atoms with van der Waals surface area (Å²) in [6.45, 7) is 2.77. The fourth-order valence-corrected chi connectivity index (χ4v) is 4.49. The van der Waals surface area contributed by atoms with Crippen LogP contribution in [0.1, 0.15) is 39.9 Å². The molecule has 29 heavy (non-hydrogen) atoms. The van der Waals surface area contributed by atoms with Gasteiger partial charge in [-0.25, -0.2) is 0 Å². The molecule has 0 saturated carbocycles. The summed E-state index contributed by atoms with van der Waals surface area (Å²) in [5, 5.41) is 12.0. The minimum Gasteiger partial charge on any atom is -0.380 e. The lowest BCUT2D eigenvalue weighted by Gasteiger charge is -2.42. The van der Waals surface area contributed by atoms with E-state index in [1.807, 2.05) is 84.9 Å². The molecule has 1 heterocycles. The number of aliphatic hydroxyl groups is 1. The summed E-state index contributed by atoms with van der Waals surface area (Å²) in [6, 6.07) is 27.9. The lowest BCUT2D eigenvalue weighted by molar-refractivity contribution is -0.0152. The van der Waals surface area contributed by atoms with Gasteiger partial charge in [-0.2, -0.15) is 0 Å². The summed E-state index contributed by atoms with van der Waals surface area (Å²) in [4.78, 5) is 13.3. The van der Waals surface area contributed by atoms with Crippen LogP contribution in [-0.4, -0.2) is 29.4 Å². The number of carbonyl (C=O) groups is 1. The van der Waals surface area contributed by atoms with E-state index in [2.05, 4.69) is 4.90 Å². The van der Waals surface area contributed by atoms with Crippen LogP contribution in [-0.2, 0) is 12.1 Å². The number of piperidine rings is 1. The molecule has 0 aromatic heterocycles. The molecule has 0 bridgehead atoms. The van der Waals surface area contributed by atoms with Crippen molar-refractivity contribution in [2.45, 2.75) is 25.0 Å². The number of carbonyl (C=O) groups excluding carboxylic acids is 1. The van der Waals surface area contributed by atoms with Crippen molar-refractivity contribution in [3.63, 3.8) is 0 Å². The fourth-order valence-electron chi connectivity index (χ4n) is 4.49. The van der Waals surface area contributed by atoms with Gasteiger partial charge < -0.3 is 5.11 Å². The van der Waals surface area contributed by atoms with Gasteiger partial charge >= 0.3 is 0 Å². The Morgan fingerprint density at radius 2 is 1.34 bits per heavy atom. The first-order valence-corrected chi connectivity index (χ1v) is 10.3. The Hall–Kier alpha value is -2.75. The highest BCUT2D eigenvalue weighted by atomic mass is 16.3. The van der Waals surface area contributed by atoms with E-state index in [9.17, 15) is 9.90 Å². The van der Waals surface area contributed by atoms with Crippen molar-refractivity contribution in [3.8, 4) is 0 Å². The van der Waals surface area contributed by atoms with E-state index in [0.29, 0.717) is 5.56 Å². The molecule has 0 radical (unpaired) electrons. The van der Waals surface area contributed by atoms with Crippen molar-refractivity contribution in [2.75, 3.05) is 13.1 Å². The van der Waals surface area contributed by atoms with E-state index in [1.54, 1.807) is 0 Å². The topological polar surface area (TPSA) is 40.5 Å². The molecule has 148 valence electrons. The van der Waals surface area contributed by atoms with Crippen LogP contribution >= 0.6 is 0 Å². The Balaban J connectivity index is 1.50. The number of likely N-dealkylation sites (tertiary alicyclic amines) is 1. The van der Waals surface area contributed by atoms with Gasteiger partial charge in [-0.15, -0.1) is 0 Å². The Labute approximate surface area is 172 Å².